The maximum atomic E-state index is 6.73. The molecule has 0 fully saturated rings. The molecule has 0 saturated heterocycles. The van der Waals surface area contributed by atoms with Gasteiger partial charge in [0.1, 0.15) is 11.2 Å². The van der Waals surface area contributed by atoms with Gasteiger partial charge in [-0.15, -0.1) is 0 Å². The molecule has 0 spiro atoms. The van der Waals surface area contributed by atoms with Crippen molar-refractivity contribution in [1.29, 1.82) is 0 Å². The normalized spacial score (nSPS) is 12.7. The minimum absolute atomic E-state index is 0.504. The number of rotatable bonds is 7. The summed E-state index contributed by atoms with van der Waals surface area (Å²) in [7, 11) is 0. The molecule has 1 aromatic heterocycles. The molecule has 0 bridgehead atoms. The zero-order chi connectivity index (χ0) is 42.9. The lowest BCUT2D eigenvalue weighted by Gasteiger charge is -2.35. The first-order valence-electron chi connectivity index (χ1n) is 22.4. The Labute approximate surface area is 377 Å². The van der Waals surface area contributed by atoms with Gasteiger partial charge in [0, 0.05) is 33.2 Å². The summed E-state index contributed by atoms with van der Waals surface area (Å²) in [6.07, 6.45) is 0. The Balaban J connectivity index is 1.06. The predicted molar refractivity (Wildman–Crippen MR) is 272 cm³/mol. The average Bonchev–Trinajstić information content (AvgIpc) is 3.91. The van der Waals surface area contributed by atoms with Crippen LogP contribution >= 0.6 is 0 Å². The van der Waals surface area contributed by atoms with Crippen molar-refractivity contribution in [2.45, 2.75) is 5.41 Å². The van der Waals surface area contributed by atoms with Crippen molar-refractivity contribution in [1.82, 2.24) is 0 Å². The van der Waals surface area contributed by atoms with Crippen LogP contribution in [0.3, 0.4) is 0 Å². The summed E-state index contributed by atoms with van der Waals surface area (Å²) in [5.41, 5.74) is 16.6. The summed E-state index contributed by atoms with van der Waals surface area (Å²) < 4.78 is 6.73. The number of furan rings is 1. The molecule has 1 heterocycles. The molecule has 304 valence electrons. The average molecular weight is 828 g/mol. The Kier molecular flexibility index (Phi) is 8.47. The molecule has 0 N–H and O–H groups in total. The molecular weight excluding hydrogens is 787 g/mol. The maximum Gasteiger partial charge on any atom is 0.143 e. The number of anilines is 3. The van der Waals surface area contributed by atoms with Gasteiger partial charge in [0.2, 0.25) is 0 Å². The number of hydrogen-bond acceptors (Lipinski definition) is 2. The summed E-state index contributed by atoms with van der Waals surface area (Å²) >= 11 is 0. The lowest BCUT2D eigenvalue weighted by atomic mass is 9.68. The second-order valence-electron chi connectivity index (χ2n) is 17.1. The van der Waals surface area contributed by atoms with Crippen LogP contribution in [-0.4, -0.2) is 0 Å². The summed E-state index contributed by atoms with van der Waals surface area (Å²) in [5, 5.41) is 7.18. The number of para-hydroxylation sites is 4. The first-order chi connectivity index (χ1) is 32.3. The highest BCUT2D eigenvalue weighted by molar-refractivity contribution is 6.14. The standard InChI is InChI=1S/C63H41NO/c1-2-19-43(20-3-1)63(57-31-11-6-22-50(57)51-23-7-12-32-58(51)63)44-37-39-45(40-38-44)64(60-34-14-9-25-53(60)55-29-17-30-56-54-26-10-15-35-61(54)65-62(55)56)59-33-13-8-24-52(59)48-28-16-27-47-46-21-5-4-18-42(46)36-41-49(47)48/h1-41H. The summed E-state index contributed by atoms with van der Waals surface area (Å²) in [6, 6.07) is 90.8. The molecule has 2 nitrogen and oxygen atoms in total. The largest absolute Gasteiger partial charge is 0.455 e. The van der Waals surface area contributed by atoms with Crippen LogP contribution in [0.1, 0.15) is 22.3 Å². The van der Waals surface area contributed by atoms with Crippen LogP contribution in [0.25, 0.3) is 76.9 Å². The Hall–Kier alpha value is -8.46. The summed E-state index contributed by atoms with van der Waals surface area (Å²) in [5.74, 6) is 0. The van der Waals surface area contributed by atoms with E-state index in [1.54, 1.807) is 0 Å². The Bertz CT molecular complexity index is 3740. The molecule has 11 aromatic carbocycles. The van der Waals surface area contributed by atoms with Crippen molar-refractivity contribution in [2.75, 3.05) is 4.90 Å². The molecule has 12 aromatic rings. The van der Waals surface area contributed by atoms with Crippen molar-refractivity contribution in [3.05, 3.63) is 271 Å². The Morgan fingerprint density at radius 2 is 0.800 bits per heavy atom. The van der Waals surface area contributed by atoms with E-state index < -0.39 is 5.41 Å². The quantitative estimate of drug-likeness (QED) is 0.149. The second-order valence-corrected chi connectivity index (χ2v) is 17.1. The molecule has 0 amide bonds. The highest BCUT2D eigenvalue weighted by Crippen LogP contribution is 2.57. The molecule has 0 saturated carbocycles. The fourth-order valence-corrected chi connectivity index (χ4v) is 11.0. The third-order valence-electron chi connectivity index (χ3n) is 13.8. The van der Waals surface area contributed by atoms with E-state index in [0.717, 1.165) is 55.7 Å². The van der Waals surface area contributed by atoms with E-state index in [9.17, 15) is 0 Å². The lowest BCUT2D eigenvalue weighted by Crippen LogP contribution is -2.28. The van der Waals surface area contributed by atoms with Gasteiger partial charge in [-0.3, -0.25) is 0 Å². The van der Waals surface area contributed by atoms with Crippen LogP contribution < -0.4 is 4.90 Å². The van der Waals surface area contributed by atoms with Gasteiger partial charge in [0.15, 0.2) is 0 Å². The zero-order valence-electron chi connectivity index (χ0n) is 35.5. The summed E-state index contributed by atoms with van der Waals surface area (Å²) in [6.45, 7) is 0. The van der Waals surface area contributed by atoms with Gasteiger partial charge >= 0.3 is 0 Å². The van der Waals surface area contributed by atoms with Crippen LogP contribution in [0.15, 0.2) is 253 Å². The third kappa shape index (κ3) is 5.60. The monoisotopic (exact) mass is 827 g/mol. The van der Waals surface area contributed by atoms with Gasteiger partial charge in [-0.1, -0.05) is 218 Å². The van der Waals surface area contributed by atoms with E-state index in [4.69, 9.17) is 4.42 Å². The molecule has 65 heavy (non-hydrogen) atoms. The number of benzene rings is 11. The van der Waals surface area contributed by atoms with Crippen LogP contribution in [-0.2, 0) is 5.41 Å². The van der Waals surface area contributed by atoms with Crippen LogP contribution in [0.5, 0.6) is 0 Å². The fraction of sp³-hybridized carbons (Fsp3) is 0.0159. The first kappa shape index (κ1) is 37.1. The van der Waals surface area contributed by atoms with E-state index in [-0.39, 0.29) is 0 Å². The van der Waals surface area contributed by atoms with Crippen LogP contribution in [0.4, 0.5) is 17.1 Å². The number of hydrogen-bond donors (Lipinski definition) is 0. The predicted octanol–water partition coefficient (Wildman–Crippen LogP) is 17.1. The van der Waals surface area contributed by atoms with Crippen molar-refractivity contribution >= 4 is 60.5 Å². The van der Waals surface area contributed by atoms with E-state index in [0.29, 0.717) is 0 Å². The molecule has 2 heteroatoms. The zero-order valence-corrected chi connectivity index (χ0v) is 35.5. The minimum Gasteiger partial charge on any atom is -0.455 e. The van der Waals surface area contributed by atoms with Crippen molar-refractivity contribution in [3.8, 4) is 33.4 Å². The van der Waals surface area contributed by atoms with Crippen molar-refractivity contribution < 1.29 is 4.42 Å². The molecule has 1 aliphatic carbocycles. The van der Waals surface area contributed by atoms with Gasteiger partial charge in [0.05, 0.1) is 16.8 Å². The number of nitrogens with zero attached hydrogens (tertiary/aromatic N) is 1. The molecule has 0 aliphatic heterocycles. The first-order valence-corrected chi connectivity index (χ1v) is 22.4. The highest BCUT2D eigenvalue weighted by Gasteiger charge is 2.45. The van der Waals surface area contributed by atoms with Gasteiger partial charge in [-0.25, -0.2) is 0 Å². The topological polar surface area (TPSA) is 16.4 Å². The lowest BCUT2D eigenvalue weighted by molar-refractivity contribution is 0.670. The molecule has 13 rings (SSSR count). The van der Waals surface area contributed by atoms with Gasteiger partial charge in [-0.05, 0) is 90.8 Å². The van der Waals surface area contributed by atoms with Crippen molar-refractivity contribution in [3.63, 3.8) is 0 Å². The van der Waals surface area contributed by atoms with E-state index >= 15 is 0 Å². The smallest absolute Gasteiger partial charge is 0.143 e. The van der Waals surface area contributed by atoms with Gasteiger partial charge in [0.25, 0.3) is 0 Å². The van der Waals surface area contributed by atoms with Crippen LogP contribution in [0, 0.1) is 0 Å². The molecule has 0 atom stereocenters. The van der Waals surface area contributed by atoms with E-state index in [2.05, 4.69) is 248 Å². The Morgan fingerprint density at radius 3 is 1.52 bits per heavy atom. The fourth-order valence-electron chi connectivity index (χ4n) is 11.0. The van der Waals surface area contributed by atoms with Gasteiger partial charge < -0.3 is 9.32 Å². The highest BCUT2D eigenvalue weighted by atomic mass is 16.3. The summed E-state index contributed by atoms with van der Waals surface area (Å²) in [4.78, 5) is 2.46. The third-order valence-corrected chi connectivity index (χ3v) is 13.8. The SMILES string of the molecule is c1ccc(C2(c3ccc(N(c4ccccc4-c4cccc5c4ccc4ccccc45)c4ccccc4-c4cccc5c4oc4ccccc45)cc3)c3ccccc3-c3ccccc32)cc1. The van der Waals surface area contributed by atoms with Gasteiger partial charge in [-0.2, -0.15) is 0 Å². The minimum atomic E-state index is -0.504. The molecule has 0 unspecified atom stereocenters. The molecule has 1 aliphatic rings. The van der Waals surface area contributed by atoms with E-state index in [1.807, 2.05) is 6.07 Å². The van der Waals surface area contributed by atoms with Crippen molar-refractivity contribution in [2.24, 2.45) is 0 Å². The van der Waals surface area contributed by atoms with E-state index in [1.165, 1.54) is 60.5 Å². The maximum absolute atomic E-state index is 6.73. The van der Waals surface area contributed by atoms with Crippen LogP contribution in [0.2, 0.25) is 0 Å². The second kappa shape index (κ2) is 14.8. The molecular formula is C63H41NO. The number of fused-ring (bicyclic) bond motifs is 9. The molecule has 0 radical (unpaired) electrons. The Morgan fingerprint density at radius 1 is 0.292 bits per heavy atom.